The third-order valence-corrected chi connectivity index (χ3v) is 5.33. The Morgan fingerprint density at radius 2 is 2.21 bits per heavy atom. The molecule has 1 amide bonds. The number of halogens is 1. The lowest BCUT2D eigenvalue weighted by molar-refractivity contribution is 0.0671. The van der Waals surface area contributed by atoms with Crippen LogP contribution in [0, 0.1) is 0 Å². The largest absolute Gasteiger partial charge is 0.382 e. The average Bonchev–Trinajstić information content (AvgIpc) is 3.11. The van der Waals surface area contributed by atoms with Gasteiger partial charge in [-0.3, -0.25) is 4.79 Å². The monoisotopic (exact) mass is 442 g/mol. The quantitative estimate of drug-likeness (QED) is 0.243. The second-order valence-electron chi connectivity index (χ2n) is 6.57. The van der Waals surface area contributed by atoms with Gasteiger partial charge in [-0.15, -0.1) is 5.10 Å². The minimum absolute atomic E-state index is 0.0828. The first kappa shape index (κ1) is 18.4. The van der Waals surface area contributed by atoms with E-state index in [2.05, 4.69) is 36.6 Å². The second kappa shape index (κ2) is 7.21. The van der Waals surface area contributed by atoms with Crippen LogP contribution in [0.4, 0.5) is 0 Å². The normalized spacial score (nSPS) is 16.9. The lowest BCUT2D eigenvalue weighted by Crippen LogP contribution is -2.39. The van der Waals surface area contributed by atoms with Crippen LogP contribution in [0.2, 0.25) is 0 Å². The highest BCUT2D eigenvalue weighted by Gasteiger charge is 2.30. The Morgan fingerprint density at radius 3 is 3.00 bits per heavy atom. The van der Waals surface area contributed by atoms with E-state index < -0.39 is 0 Å². The Bertz CT molecular complexity index is 1090. The van der Waals surface area contributed by atoms with Crippen LogP contribution in [-0.4, -0.2) is 37.8 Å². The molecule has 1 aliphatic rings. The molecule has 10 heteroatoms. The number of carbonyl (C=O) groups is 1. The van der Waals surface area contributed by atoms with Crippen LogP contribution in [0.3, 0.4) is 0 Å². The van der Waals surface area contributed by atoms with Crippen molar-refractivity contribution in [2.45, 2.75) is 19.4 Å². The van der Waals surface area contributed by atoms with Crippen molar-refractivity contribution in [2.75, 3.05) is 6.54 Å². The molecule has 0 fully saturated rings. The minimum Gasteiger partial charge on any atom is -0.382 e. The van der Waals surface area contributed by atoms with Gasteiger partial charge in [0.15, 0.2) is 17.2 Å². The molecule has 0 spiro atoms. The van der Waals surface area contributed by atoms with Gasteiger partial charge in [0.2, 0.25) is 0 Å². The molecule has 2 aromatic heterocycles. The summed E-state index contributed by atoms with van der Waals surface area (Å²) in [6.07, 6.45) is 4.18. The summed E-state index contributed by atoms with van der Waals surface area (Å²) in [5.74, 6) is 5.40. The molecule has 0 bridgehead atoms. The Hall–Kier alpha value is -2.98. The summed E-state index contributed by atoms with van der Waals surface area (Å²) >= 11 is 3.36. The zero-order chi connectivity index (χ0) is 19.8. The molecule has 0 saturated carbocycles. The number of nitrogens with two attached hydrogens (primary N) is 2. The zero-order valence-electron chi connectivity index (χ0n) is 15.1. The Labute approximate surface area is 169 Å². The van der Waals surface area contributed by atoms with Crippen molar-refractivity contribution in [3.8, 4) is 0 Å². The molecule has 5 N–H and O–H groups in total. The minimum atomic E-state index is -0.114. The van der Waals surface area contributed by atoms with Crippen molar-refractivity contribution in [3.05, 3.63) is 63.5 Å². The molecular weight excluding hydrogens is 424 g/mol. The van der Waals surface area contributed by atoms with Crippen LogP contribution in [0.1, 0.15) is 40.1 Å². The maximum atomic E-state index is 13.1. The van der Waals surface area contributed by atoms with E-state index in [9.17, 15) is 4.79 Å². The fourth-order valence-electron chi connectivity index (χ4n) is 3.51. The van der Waals surface area contributed by atoms with Crippen molar-refractivity contribution in [1.82, 2.24) is 25.0 Å². The van der Waals surface area contributed by atoms with Gasteiger partial charge in [0.1, 0.15) is 0 Å². The maximum absolute atomic E-state index is 13.1. The van der Waals surface area contributed by atoms with Gasteiger partial charge >= 0.3 is 0 Å². The molecule has 0 radical (unpaired) electrons. The van der Waals surface area contributed by atoms with E-state index in [1.165, 1.54) is 0 Å². The molecule has 0 aliphatic carbocycles. The number of hydrazine groups is 1. The first-order chi connectivity index (χ1) is 13.5. The van der Waals surface area contributed by atoms with Crippen LogP contribution in [-0.2, 0) is 6.42 Å². The number of amides is 1. The summed E-state index contributed by atoms with van der Waals surface area (Å²) < 4.78 is 2.39. The molecule has 9 nitrogen and oxygen atoms in total. The standard InChI is InChI=1S/C18H19BrN8O/c1-10-14-3-2-12(17(20)23-25-21)6-11(14)4-5-26(10)18(28)15-7-16-22-8-13(19)9-27(16)24-15/h2-3,6-10,25H,4-5,21H2,1H3,(H2,20,23). The third kappa shape index (κ3) is 3.20. The number of rotatable bonds is 3. The summed E-state index contributed by atoms with van der Waals surface area (Å²) in [5, 5.41) is 8.19. The summed E-state index contributed by atoms with van der Waals surface area (Å²) in [7, 11) is 0. The summed E-state index contributed by atoms with van der Waals surface area (Å²) in [5.41, 5.74) is 12.1. The van der Waals surface area contributed by atoms with Crippen molar-refractivity contribution in [1.29, 1.82) is 0 Å². The van der Waals surface area contributed by atoms with Gasteiger partial charge < -0.3 is 10.6 Å². The smallest absolute Gasteiger partial charge is 0.274 e. The van der Waals surface area contributed by atoms with Crippen LogP contribution in [0.25, 0.3) is 5.65 Å². The average molecular weight is 443 g/mol. The van der Waals surface area contributed by atoms with Crippen molar-refractivity contribution >= 4 is 33.3 Å². The van der Waals surface area contributed by atoms with E-state index in [4.69, 9.17) is 11.6 Å². The van der Waals surface area contributed by atoms with Gasteiger partial charge in [-0.2, -0.15) is 5.10 Å². The molecule has 3 aromatic rings. The molecule has 1 atom stereocenters. The topological polar surface area (TPSA) is 127 Å². The molecule has 1 unspecified atom stereocenters. The van der Waals surface area contributed by atoms with E-state index in [1.54, 1.807) is 23.0 Å². The number of amidine groups is 1. The molecule has 28 heavy (non-hydrogen) atoms. The summed E-state index contributed by atoms with van der Waals surface area (Å²) in [4.78, 5) is 19.2. The number of carbonyl (C=O) groups excluding carboxylic acids is 1. The number of hydrazone groups is 1. The predicted octanol–water partition coefficient (Wildman–Crippen LogP) is 1.33. The Morgan fingerprint density at radius 1 is 1.39 bits per heavy atom. The number of aromatic nitrogens is 3. The van der Waals surface area contributed by atoms with Crippen LogP contribution < -0.4 is 17.1 Å². The predicted molar refractivity (Wildman–Crippen MR) is 108 cm³/mol. The SMILES string of the molecule is CC1c2ccc(/C(N)=N/NN)cc2CCN1C(=O)c1cc2ncc(Br)cn2n1. The van der Waals surface area contributed by atoms with E-state index in [1.807, 2.05) is 30.0 Å². The van der Waals surface area contributed by atoms with E-state index in [0.717, 1.165) is 27.6 Å². The maximum Gasteiger partial charge on any atom is 0.274 e. The van der Waals surface area contributed by atoms with Gasteiger partial charge in [0.05, 0.1) is 10.5 Å². The molecule has 1 aromatic carbocycles. The zero-order valence-corrected chi connectivity index (χ0v) is 16.7. The molecular formula is C18H19BrN8O. The molecule has 1 aliphatic heterocycles. The lowest BCUT2D eigenvalue weighted by atomic mass is 9.91. The second-order valence-corrected chi connectivity index (χ2v) is 7.48. The lowest BCUT2D eigenvalue weighted by Gasteiger charge is -2.35. The van der Waals surface area contributed by atoms with E-state index >= 15 is 0 Å². The number of hydrogen-bond acceptors (Lipinski definition) is 6. The van der Waals surface area contributed by atoms with Crippen molar-refractivity contribution in [2.24, 2.45) is 16.7 Å². The van der Waals surface area contributed by atoms with E-state index in [-0.39, 0.29) is 11.9 Å². The highest BCUT2D eigenvalue weighted by atomic mass is 79.9. The van der Waals surface area contributed by atoms with E-state index in [0.29, 0.717) is 23.7 Å². The van der Waals surface area contributed by atoms with Crippen molar-refractivity contribution < 1.29 is 4.79 Å². The van der Waals surface area contributed by atoms with Crippen LogP contribution >= 0.6 is 15.9 Å². The third-order valence-electron chi connectivity index (χ3n) is 4.93. The number of hydrogen-bond donors (Lipinski definition) is 3. The fourth-order valence-corrected chi connectivity index (χ4v) is 3.81. The number of nitrogens with one attached hydrogen (secondary N) is 1. The molecule has 0 saturated heterocycles. The Balaban J connectivity index is 1.62. The first-order valence-electron chi connectivity index (χ1n) is 8.72. The summed E-state index contributed by atoms with van der Waals surface area (Å²) in [6, 6.07) is 7.48. The molecule has 144 valence electrons. The van der Waals surface area contributed by atoms with Gasteiger partial charge in [-0.05, 0) is 46.5 Å². The van der Waals surface area contributed by atoms with Gasteiger partial charge in [-0.1, -0.05) is 12.1 Å². The van der Waals surface area contributed by atoms with Gasteiger partial charge in [-0.25, -0.2) is 20.9 Å². The summed E-state index contributed by atoms with van der Waals surface area (Å²) in [6.45, 7) is 2.60. The molecule has 4 rings (SSSR count). The number of fused-ring (bicyclic) bond motifs is 2. The highest BCUT2D eigenvalue weighted by molar-refractivity contribution is 9.10. The number of nitrogens with zero attached hydrogens (tertiary/aromatic N) is 5. The van der Waals surface area contributed by atoms with Crippen LogP contribution in [0.5, 0.6) is 0 Å². The van der Waals surface area contributed by atoms with Crippen LogP contribution in [0.15, 0.2) is 46.2 Å². The van der Waals surface area contributed by atoms with Gasteiger partial charge in [0, 0.05) is 30.6 Å². The first-order valence-corrected chi connectivity index (χ1v) is 9.51. The highest BCUT2D eigenvalue weighted by Crippen LogP contribution is 2.31. The fraction of sp³-hybridized carbons (Fsp3) is 0.222. The van der Waals surface area contributed by atoms with Crippen molar-refractivity contribution in [3.63, 3.8) is 0 Å². The Kier molecular flexibility index (Phi) is 4.73. The van der Waals surface area contributed by atoms with Gasteiger partial charge in [0.25, 0.3) is 5.91 Å². The molecule has 3 heterocycles. The number of benzene rings is 1.